The van der Waals surface area contributed by atoms with Crippen molar-refractivity contribution in [3.8, 4) is 0 Å². The molecule has 94 valence electrons. The van der Waals surface area contributed by atoms with Gasteiger partial charge in [0.2, 0.25) is 0 Å². The molecule has 0 spiro atoms. The number of thiol groups is 1. The minimum Gasteiger partial charge on any atom is -0.351 e. The minimum absolute atomic E-state index is 0.0436. The van der Waals surface area contributed by atoms with Crippen LogP contribution >= 0.6 is 24.0 Å². The molecule has 1 saturated carbocycles. The highest BCUT2D eigenvalue weighted by Crippen LogP contribution is 2.35. The summed E-state index contributed by atoms with van der Waals surface area (Å²) in [6, 6.07) is 1.83. The molecule has 1 fully saturated rings. The average Bonchev–Trinajstić information content (AvgIpc) is 2.74. The van der Waals surface area contributed by atoms with E-state index >= 15 is 0 Å². The Morgan fingerprint density at radius 2 is 2.18 bits per heavy atom. The molecule has 1 heterocycles. The number of nitrogens with one attached hydrogen (secondary N) is 1. The molecule has 0 bridgehead atoms. The van der Waals surface area contributed by atoms with E-state index in [0.29, 0.717) is 5.41 Å². The Morgan fingerprint density at radius 1 is 1.47 bits per heavy atom. The van der Waals surface area contributed by atoms with Crippen molar-refractivity contribution in [1.82, 2.24) is 5.32 Å². The number of thiophene rings is 1. The van der Waals surface area contributed by atoms with Gasteiger partial charge in [-0.2, -0.15) is 0 Å². The van der Waals surface area contributed by atoms with Crippen LogP contribution in [0.5, 0.6) is 0 Å². The van der Waals surface area contributed by atoms with Crippen molar-refractivity contribution < 1.29 is 4.79 Å². The number of carbonyl (C=O) groups excluding carboxylic acids is 1. The van der Waals surface area contributed by atoms with Crippen LogP contribution in [-0.4, -0.2) is 12.5 Å². The van der Waals surface area contributed by atoms with Gasteiger partial charge in [0, 0.05) is 16.8 Å². The molecule has 1 aliphatic rings. The summed E-state index contributed by atoms with van der Waals surface area (Å²) in [7, 11) is 0. The van der Waals surface area contributed by atoms with E-state index in [1.54, 1.807) is 0 Å². The number of hydrogen-bond donors (Lipinski definition) is 2. The van der Waals surface area contributed by atoms with Gasteiger partial charge in [0.25, 0.3) is 5.91 Å². The Morgan fingerprint density at radius 3 is 2.76 bits per heavy atom. The van der Waals surface area contributed by atoms with Crippen molar-refractivity contribution in [3.63, 3.8) is 0 Å². The number of amides is 1. The van der Waals surface area contributed by atoms with Crippen LogP contribution in [0.3, 0.4) is 0 Å². The predicted molar refractivity (Wildman–Crippen MR) is 75.1 cm³/mol. The Bertz CT molecular complexity index is 394. The zero-order valence-corrected chi connectivity index (χ0v) is 11.9. The molecule has 0 aliphatic heterocycles. The molecule has 4 heteroatoms. The van der Waals surface area contributed by atoms with Crippen molar-refractivity contribution in [2.45, 2.75) is 43.9 Å². The average molecular weight is 269 g/mol. The van der Waals surface area contributed by atoms with E-state index in [0.717, 1.165) is 16.3 Å². The minimum atomic E-state index is 0.0436. The van der Waals surface area contributed by atoms with Crippen LogP contribution in [-0.2, 0) is 0 Å². The van der Waals surface area contributed by atoms with Crippen LogP contribution in [0.15, 0.2) is 16.3 Å². The maximum Gasteiger partial charge on any atom is 0.261 e. The molecule has 0 radical (unpaired) electrons. The quantitative estimate of drug-likeness (QED) is 0.804. The van der Waals surface area contributed by atoms with Crippen LogP contribution in [0, 0.1) is 5.41 Å². The lowest BCUT2D eigenvalue weighted by Gasteiger charge is -2.33. The normalized spacial score (nSPS) is 18.9. The lowest BCUT2D eigenvalue weighted by molar-refractivity contribution is 0.0923. The van der Waals surface area contributed by atoms with E-state index in [-0.39, 0.29) is 5.91 Å². The first-order valence-electron chi connectivity index (χ1n) is 6.15. The second-order valence-corrected chi connectivity index (χ2v) is 6.65. The summed E-state index contributed by atoms with van der Waals surface area (Å²) in [5.74, 6) is 0.0436. The molecule has 0 saturated heterocycles. The van der Waals surface area contributed by atoms with Gasteiger partial charge in [0.1, 0.15) is 0 Å². The van der Waals surface area contributed by atoms with Gasteiger partial charge in [-0.05, 0) is 24.3 Å². The van der Waals surface area contributed by atoms with Gasteiger partial charge in [-0.15, -0.1) is 24.0 Å². The topological polar surface area (TPSA) is 29.1 Å². The zero-order chi connectivity index (χ0) is 12.3. The smallest absolute Gasteiger partial charge is 0.261 e. The summed E-state index contributed by atoms with van der Waals surface area (Å²) in [4.78, 5) is 13.5. The summed E-state index contributed by atoms with van der Waals surface area (Å²) in [5.41, 5.74) is 0.301. The first-order valence-corrected chi connectivity index (χ1v) is 7.47. The van der Waals surface area contributed by atoms with Crippen molar-refractivity contribution in [2.24, 2.45) is 5.41 Å². The second-order valence-electron chi connectivity index (χ2n) is 5.22. The third-order valence-corrected chi connectivity index (χ3v) is 4.91. The van der Waals surface area contributed by atoms with E-state index in [2.05, 4.69) is 24.9 Å². The van der Waals surface area contributed by atoms with Crippen LogP contribution in [0.2, 0.25) is 0 Å². The van der Waals surface area contributed by atoms with E-state index in [9.17, 15) is 4.79 Å². The molecular formula is C13H19NOS2. The maximum absolute atomic E-state index is 11.9. The van der Waals surface area contributed by atoms with Gasteiger partial charge in [-0.25, -0.2) is 0 Å². The fourth-order valence-electron chi connectivity index (χ4n) is 2.41. The molecule has 0 aromatic carbocycles. The third kappa shape index (κ3) is 3.49. The number of rotatable bonds is 3. The summed E-state index contributed by atoms with van der Waals surface area (Å²) >= 11 is 5.67. The highest BCUT2D eigenvalue weighted by molar-refractivity contribution is 7.80. The van der Waals surface area contributed by atoms with Crippen LogP contribution in [0.25, 0.3) is 0 Å². The molecule has 2 rings (SSSR count). The third-order valence-electron chi connectivity index (χ3n) is 3.55. The largest absolute Gasteiger partial charge is 0.351 e. The fourth-order valence-corrected chi connectivity index (χ4v) is 3.47. The van der Waals surface area contributed by atoms with Gasteiger partial charge < -0.3 is 5.32 Å². The Hall–Kier alpha value is -0.480. The molecule has 2 nitrogen and oxygen atoms in total. The first-order chi connectivity index (χ1) is 8.09. The molecule has 0 unspecified atom stereocenters. The zero-order valence-electron chi connectivity index (χ0n) is 10.2. The van der Waals surface area contributed by atoms with Crippen molar-refractivity contribution in [1.29, 1.82) is 0 Å². The lowest BCUT2D eigenvalue weighted by atomic mass is 9.76. The summed E-state index contributed by atoms with van der Waals surface area (Å²) < 4.78 is 0. The van der Waals surface area contributed by atoms with Gasteiger partial charge in [0.05, 0.1) is 4.88 Å². The lowest BCUT2D eigenvalue weighted by Crippen LogP contribution is -2.36. The highest BCUT2D eigenvalue weighted by atomic mass is 32.1. The summed E-state index contributed by atoms with van der Waals surface area (Å²) in [6.07, 6.45) is 6.40. The fraction of sp³-hybridized carbons (Fsp3) is 0.615. The van der Waals surface area contributed by atoms with E-state index in [1.807, 2.05) is 11.4 Å². The second kappa shape index (κ2) is 5.44. The van der Waals surface area contributed by atoms with Gasteiger partial charge in [-0.3, -0.25) is 4.79 Å². The van der Waals surface area contributed by atoms with Gasteiger partial charge in [0.15, 0.2) is 0 Å². The monoisotopic (exact) mass is 269 g/mol. The van der Waals surface area contributed by atoms with Crippen LogP contribution < -0.4 is 5.32 Å². The van der Waals surface area contributed by atoms with E-state index < -0.39 is 0 Å². The van der Waals surface area contributed by atoms with Gasteiger partial charge >= 0.3 is 0 Å². The maximum atomic E-state index is 11.9. The molecule has 1 N–H and O–H groups in total. The SMILES string of the molecule is CC1(CNC(=O)c2cc(S)cs2)CCCCC1. The van der Waals surface area contributed by atoms with Crippen LogP contribution in [0.4, 0.5) is 0 Å². The molecule has 17 heavy (non-hydrogen) atoms. The molecule has 1 aliphatic carbocycles. The Balaban J connectivity index is 1.87. The summed E-state index contributed by atoms with van der Waals surface area (Å²) in [6.45, 7) is 3.08. The van der Waals surface area contributed by atoms with Crippen molar-refractivity contribution in [3.05, 3.63) is 16.3 Å². The Labute approximate surface area is 112 Å². The number of carbonyl (C=O) groups is 1. The van der Waals surface area contributed by atoms with E-state index in [4.69, 9.17) is 0 Å². The molecular weight excluding hydrogens is 250 g/mol. The predicted octanol–water partition coefficient (Wildman–Crippen LogP) is 3.74. The molecule has 1 amide bonds. The van der Waals surface area contributed by atoms with Crippen LogP contribution in [0.1, 0.15) is 48.7 Å². The molecule has 0 atom stereocenters. The first kappa shape index (κ1) is 13.0. The van der Waals surface area contributed by atoms with Crippen molar-refractivity contribution in [2.75, 3.05) is 6.54 Å². The Kier molecular flexibility index (Phi) is 4.15. The highest BCUT2D eigenvalue weighted by Gasteiger charge is 2.27. The van der Waals surface area contributed by atoms with Crippen molar-refractivity contribution >= 4 is 29.9 Å². The summed E-state index contributed by atoms with van der Waals surface area (Å²) in [5, 5.41) is 4.95. The van der Waals surface area contributed by atoms with Gasteiger partial charge in [-0.1, -0.05) is 26.2 Å². The standard InChI is InChI=1S/C13H19NOS2/c1-13(5-3-2-4-6-13)9-14-12(15)11-7-10(16)8-17-11/h7-8,16H,2-6,9H2,1H3,(H,14,15). The van der Waals surface area contributed by atoms with E-state index in [1.165, 1.54) is 43.4 Å². The molecule has 1 aromatic rings. The molecule has 1 aromatic heterocycles. The number of hydrogen-bond acceptors (Lipinski definition) is 3.